The van der Waals surface area contributed by atoms with Gasteiger partial charge in [-0.2, -0.15) is 5.10 Å². The van der Waals surface area contributed by atoms with Gasteiger partial charge in [-0.15, -0.1) is 0 Å². The Kier molecular flexibility index (Phi) is 3.20. The van der Waals surface area contributed by atoms with Gasteiger partial charge >= 0.3 is 0 Å². The SMILES string of the molecule is Clc1cccc(NCc2cc[nH]c2)c1-n1cncn1. The van der Waals surface area contributed by atoms with Crippen LogP contribution in [0, 0.1) is 0 Å². The normalized spacial score (nSPS) is 10.6. The van der Waals surface area contributed by atoms with Crippen LogP contribution in [-0.2, 0) is 6.54 Å². The maximum Gasteiger partial charge on any atom is 0.138 e. The maximum atomic E-state index is 6.25. The van der Waals surface area contributed by atoms with Crippen molar-refractivity contribution in [3.05, 3.63) is 59.9 Å². The van der Waals surface area contributed by atoms with E-state index in [1.165, 1.54) is 11.9 Å². The minimum absolute atomic E-state index is 0.629. The number of anilines is 1. The number of hydrogen-bond acceptors (Lipinski definition) is 3. The summed E-state index contributed by atoms with van der Waals surface area (Å²) in [5.74, 6) is 0. The van der Waals surface area contributed by atoms with E-state index in [-0.39, 0.29) is 0 Å². The van der Waals surface area contributed by atoms with Crippen LogP contribution in [-0.4, -0.2) is 19.7 Å². The Morgan fingerprint density at radius 3 is 3.00 bits per heavy atom. The van der Waals surface area contributed by atoms with Crippen LogP contribution in [0.1, 0.15) is 5.56 Å². The molecule has 3 rings (SSSR count). The van der Waals surface area contributed by atoms with Crippen molar-refractivity contribution < 1.29 is 0 Å². The monoisotopic (exact) mass is 273 g/mol. The van der Waals surface area contributed by atoms with Crippen LogP contribution in [0.4, 0.5) is 5.69 Å². The van der Waals surface area contributed by atoms with E-state index in [9.17, 15) is 0 Å². The summed E-state index contributed by atoms with van der Waals surface area (Å²) in [7, 11) is 0. The maximum absolute atomic E-state index is 6.25. The van der Waals surface area contributed by atoms with Gasteiger partial charge in [0.05, 0.1) is 10.7 Å². The molecule has 2 heterocycles. The highest BCUT2D eigenvalue weighted by Gasteiger charge is 2.09. The van der Waals surface area contributed by atoms with Crippen LogP contribution in [0.5, 0.6) is 0 Å². The number of benzene rings is 1. The molecule has 0 fully saturated rings. The summed E-state index contributed by atoms with van der Waals surface area (Å²) in [5.41, 5.74) is 2.89. The molecule has 0 radical (unpaired) electrons. The van der Waals surface area contributed by atoms with Crippen molar-refractivity contribution in [1.29, 1.82) is 0 Å². The van der Waals surface area contributed by atoms with Crippen LogP contribution >= 0.6 is 11.6 Å². The molecule has 0 aliphatic carbocycles. The fourth-order valence-electron chi connectivity index (χ4n) is 1.88. The zero-order valence-electron chi connectivity index (χ0n) is 10.0. The number of nitrogens with zero attached hydrogens (tertiary/aromatic N) is 3. The first-order valence-corrected chi connectivity index (χ1v) is 6.21. The Labute approximate surface area is 115 Å². The highest BCUT2D eigenvalue weighted by molar-refractivity contribution is 6.33. The van der Waals surface area contributed by atoms with Gasteiger partial charge in [-0.3, -0.25) is 0 Å². The van der Waals surface area contributed by atoms with Gasteiger partial charge in [-0.1, -0.05) is 17.7 Å². The van der Waals surface area contributed by atoms with Crippen molar-refractivity contribution >= 4 is 17.3 Å². The van der Waals surface area contributed by atoms with Crippen molar-refractivity contribution in [2.45, 2.75) is 6.54 Å². The average molecular weight is 274 g/mol. The van der Waals surface area contributed by atoms with Gasteiger partial charge in [0.2, 0.25) is 0 Å². The van der Waals surface area contributed by atoms with E-state index in [2.05, 4.69) is 20.4 Å². The number of nitrogens with one attached hydrogen (secondary N) is 2. The Bertz CT molecular complexity index is 646. The first-order valence-electron chi connectivity index (χ1n) is 5.83. The topological polar surface area (TPSA) is 58.5 Å². The van der Waals surface area contributed by atoms with Gasteiger partial charge in [0.1, 0.15) is 18.3 Å². The summed E-state index contributed by atoms with van der Waals surface area (Å²) < 4.78 is 1.65. The van der Waals surface area contributed by atoms with Gasteiger partial charge in [-0.25, -0.2) is 9.67 Å². The molecule has 5 nitrogen and oxygen atoms in total. The zero-order chi connectivity index (χ0) is 13.1. The molecule has 0 amide bonds. The minimum Gasteiger partial charge on any atom is -0.379 e. The van der Waals surface area contributed by atoms with Gasteiger partial charge < -0.3 is 10.3 Å². The molecule has 96 valence electrons. The third-order valence-electron chi connectivity index (χ3n) is 2.78. The van der Waals surface area contributed by atoms with Crippen molar-refractivity contribution in [3.63, 3.8) is 0 Å². The van der Waals surface area contributed by atoms with E-state index in [1.54, 1.807) is 11.0 Å². The number of hydrogen-bond donors (Lipinski definition) is 2. The predicted octanol–water partition coefficient (Wildman–Crippen LogP) is 2.86. The number of aromatic nitrogens is 4. The lowest BCUT2D eigenvalue weighted by Crippen LogP contribution is -2.05. The van der Waals surface area contributed by atoms with Crippen LogP contribution in [0.25, 0.3) is 5.69 Å². The fraction of sp³-hybridized carbons (Fsp3) is 0.0769. The Morgan fingerprint density at radius 2 is 2.26 bits per heavy atom. The largest absolute Gasteiger partial charge is 0.379 e. The second-order valence-corrected chi connectivity index (χ2v) is 4.46. The van der Waals surface area contributed by atoms with E-state index in [1.807, 2.05) is 36.7 Å². The number of H-pyrrole nitrogens is 1. The summed E-state index contributed by atoms with van der Waals surface area (Å²) in [5, 5.41) is 8.11. The van der Waals surface area contributed by atoms with E-state index in [0.717, 1.165) is 11.4 Å². The summed E-state index contributed by atoms with van der Waals surface area (Å²) in [6, 6.07) is 7.73. The lowest BCUT2D eigenvalue weighted by molar-refractivity contribution is 0.878. The number of halogens is 1. The standard InChI is InChI=1S/C13H12ClN5/c14-11-2-1-3-12(13(11)19-9-16-8-18-19)17-7-10-4-5-15-6-10/h1-6,8-9,15,17H,7H2. The molecule has 1 aromatic carbocycles. The minimum atomic E-state index is 0.629. The van der Waals surface area contributed by atoms with Crippen LogP contribution in [0.15, 0.2) is 49.3 Å². The third kappa shape index (κ3) is 2.46. The lowest BCUT2D eigenvalue weighted by Gasteiger charge is -2.12. The second-order valence-electron chi connectivity index (χ2n) is 4.05. The van der Waals surface area contributed by atoms with Crippen LogP contribution in [0.3, 0.4) is 0 Å². The lowest BCUT2D eigenvalue weighted by atomic mass is 10.2. The molecule has 0 unspecified atom stereocenters. The highest BCUT2D eigenvalue weighted by atomic mass is 35.5. The molecule has 0 saturated heterocycles. The summed E-state index contributed by atoms with van der Waals surface area (Å²) in [4.78, 5) is 6.98. The molecule has 0 spiro atoms. The van der Waals surface area contributed by atoms with Gasteiger partial charge in [0.15, 0.2) is 0 Å². The number of rotatable bonds is 4. The van der Waals surface area contributed by atoms with E-state index < -0.39 is 0 Å². The molecule has 6 heteroatoms. The van der Waals surface area contributed by atoms with Crippen molar-refractivity contribution in [3.8, 4) is 5.69 Å². The molecule has 2 N–H and O–H groups in total. The summed E-state index contributed by atoms with van der Waals surface area (Å²) in [6.07, 6.45) is 6.96. The van der Waals surface area contributed by atoms with E-state index >= 15 is 0 Å². The smallest absolute Gasteiger partial charge is 0.138 e. The molecule has 0 atom stereocenters. The van der Waals surface area contributed by atoms with E-state index in [4.69, 9.17) is 11.6 Å². The van der Waals surface area contributed by atoms with Crippen LogP contribution < -0.4 is 5.32 Å². The fourth-order valence-corrected chi connectivity index (χ4v) is 2.14. The molecule has 0 aliphatic heterocycles. The van der Waals surface area contributed by atoms with Crippen molar-refractivity contribution in [2.75, 3.05) is 5.32 Å². The highest BCUT2D eigenvalue weighted by Crippen LogP contribution is 2.28. The predicted molar refractivity (Wildman–Crippen MR) is 74.5 cm³/mol. The van der Waals surface area contributed by atoms with Gasteiger partial charge in [0.25, 0.3) is 0 Å². The first kappa shape index (κ1) is 11.8. The molecular weight excluding hydrogens is 262 g/mol. The molecule has 2 aromatic heterocycles. The Balaban J connectivity index is 1.91. The van der Waals surface area contributed by atoms with Gasteiger partial charge in [0, 0.05) is 18.9 Å². The molecule has 0 aliphatic rings. The third-order valence-corrected chi connectivity index (χ3v) is 3.08. The zero-order valence-corrected chi connectivity index (χ0v) is 10.8. The second kappa shape index (κ2) is 5.16. The quantitative estimate of drug-likeness (QED) is 0.768. The first-order chi connectivity index (χ1) is 9.34. The average Bonchev–Trinajstić information content (AvgIpc) is 3.09. The molecule has 0 saturated carbocycles. The Hall–Kier alpha value is -2.27. The number of para-hydroxylation sites is 1. The summed E-state index contributed by atoms with van der Waals surface area (Å²) in [6.45, 7) is 0.714. The summed E-state index contributed by atoms with van der Waals surface area (Å²) >= 11 is 6.25. The van der Waals surface area contributed by atoms with Gasteiger partial charge in [-0.05, 0) is 23.8 Å². The molecule has 0 bridgehead atoms. The van der Waals surface area contributed by atoms with Crippen molar-refractivity contribution in [2.24, 2.45) is 0 Å². The number of aromatic amines is 1. The molecular formula is C13H12ClN5. The van der Waals surface area contributed by atoms with Crippen LogP contribution in [0.2, 0.25) is 5.02 Å². The molecule has 3 aromatic rings. The molecule has 19 heavy (non-hydrogen) atoms. The van der Waals surface area contributed by atoms with Crippen molar-refractivity contribution in [1.82, 2.24) is 19.7 Å². The Morgan fingerprint density at radius 1 is 1.32 bits per heavy atom. The van der Waals surface area contributed by atoms with E-state index in [0.29, 0.717) is 11.6 Å².